The Morgan fingerprint density at radius 1 is 1.31 bits per heavy atom. The highest BCUT2D eigenvalue weighted by Crippen LogP contribution is 2.30. The number of carbonyl (C=O) groups is 1. The van der Waals surface area contributed by atoms with Gasteiger partial charge in [-0.3, -0.25) is 5.32 Å². The fourth-order valence-electron chi connectivity index (χ4n) is 1.51. The van der Waals surface area contributed by atoms with E-state index >= 15 is 0 Å². The van der Waals surface area contributed by atoms with Gasteiger partial charge in [0.05, 0.1) is 0 Å². The number of nitrogens with one attached hydrogen (secondary N) is 1. The van der Waals surface area contributed by atoms with Crippen molar-refractivity contribution < 1.29 is 9.90 Å². The molecule has 4 N–H and O–H groups in total. The van der Waals surface area contributed by atoms with Crippen LogP contribution >= 0.6 is 15.9 Å². The first-order valence-electron chi connectivity index (χ1n) is 4.55. The number of carboxylic acid groups (broad SMARTS) is 1. The van der Waals surface area contributed by atoms with E-state index in [1.165, 1.54) is 0 Å². The molecule has 0 spiro atoms. The van der Waals surface area contributed by atoms with E-state index in [2.05, 4.69) is 21.2 Å². The largest absolute Gasteiger partial charge is 0.465 e. The van der Waals surface area contributed by atoms with Crippen molar-refractivity contribution >= 4 is 44.2 Å². The monoisotopic (exact) mass is 280 g/mol. The molecule has 5 heteroatoms. The van der Waals surface area contributed by atoms with Crippen molar-refractivity contribution in [2.24, 2.45) is 0 Å². The summed E-state index contributed by atoms with van der Waals surface area (Å²) in [5.74, 6) is 0. The standard InChI is InChI=1S/C11H9BrN2O2/c12-10-8-3-2-7(14-11(15)16)5-6(8)1-4-9(10)13/h1-5,14H,13H2,(H,15,16). The predicted molar refractivity (Wildman–Crippen MR) is 67.7 cm³/mol. The van der Waals surface area contributed by atoms with Crippen LogP contribution in [0.1, 0.15) is 0 Å². The van der Waals surface area contributed by atoms with Gasteiger partial charge in [0.15, 0.2) is 0 Å². The van der Waals surface area contributed by atoms with Crippen LogP contribution < -0.4 is 11.1 Å². The van der Waals surface area contributed by atoms with Gasteiger partial charge < -0.3 is 10.8 Å². The second-order valence-corrected chi connectivity index (χ2v) is 4.13. The zero-order valence-corrected chi connectivity index (χ0v) is 9.78. The normalized spacial score (nSPS) is 10.3. The van der Waals surface area contributed by atoms with Crippen LogP contribution in [0.15, 0.2) is 34.8 Å². The van der Waals surface area contributed by atoms with Crippen LogP contribution in [0.3, 0.4) is 0 Å². The molecule has 0 atom stereocenters. The Hall–Kier alpha value is -1.75. The van der Waals surface area contributed by atoms with Crippen molar-refractivity contribution in [1.82, 2.24) is 0 Å². The fraction of sp³-hybridized carbons (Fsp3) is 0. The molecule has 0 aromatic heterocycles. The molecule has 2 rings (SSSR count). The van der Waals surface area contributed by atoms with E-state index in [0.29, 0.717) is 11.4 Å². The molecule has 2 aromatic carbocycles. The van der Waals surface area contributed by atoms with Crippen molar-refractivity contribution in [1.29, 1.82) is 0 Å². The topological polar surface area (TPSA) is 75.3 Å². The third kappa shape index (κ3) is 1.94. The summed E-state index contributed by atoms with van der Waals surface area (Å²) in [5.41, 5.74) is 6.95. The van der Waals surface area contributed by atoms with Crippen LogP contribution in [0.2, 0.25) is 0 Å². The maximum absolute atomic E-state index is 10.5. The van der Waals surface area contributed by atoms with E-state index in [9.17, 15) is 4.79 Å². The van der Waals surface area contributed by atoms with E-state index in [1.807, 2.05) is 12.1 Å². The lowest BCUT2D eigenvalue weighted by molar-refractivity contribution is 0.210. The van der Waals surface area contributed by atoms with Gasteiger partial charge >= 0.3 is 6.09 Å². The predicted octanol–water partition coefficient (Wildman–Crippen LogP) is 3.27. The maximum atomic E-state index is 10.5. The van der Waals surface area contributed by atoms with Crippen LogP contribution in [-0.4, -0.2) is 11.2 Å². The molecule has 0 heterocycles. The number of anilines is 2. The minimum Gasteiger partial charge on any atom is -0.465 e. The molecule has 0 radical (unpaired) electrons. The number of rotatable bonds is 1. The number of halogens is 1. The van der Waals surface area contributed by atoms with E-state index in [-0.39, 0.29) is 0 Å². The number of hydrogen-bond donors (Lipinski definition) is 3. The molecule has 0 aliphatic carbocycles. The minimum absolute atomic E-state index is 0.539. The molecule has 0 saturated carbocycles. The number of nitrogens with two attached hydrogens (primary N) is 1. The molecule has 2 aromatic rings. The van der Waals surface area contributed by atoms with Crippen LogP contribution in [-0.2, 0) is 0 Å². The van der Waals surface area contributed by atoms with Crippen LogP contribution in [0, 0.1) is 0 Å². The molecular formula is C11H9BrN2O2. The molecule has 82 valence electrons. The Morgan fingerprint density at radius 3 is 2.75 bits per heavy atom. The molecule has 16 heavy (non-hydrogen) atoms. The molecular weight excluding hydrogens is 272 g/mol. The lowest BCUT2D eigenvalue weighted by atomic mass is 10.1. The van der Waals surface area contributed by atoms with E-state index in [4.69, 9.17) is 10.8 Å². The van der Waals surface area contributed by atoms with Crippen LogP contribution in [0.4, 0.5) is 16.2 Å². The van der Waals surface area contributed by atoms with Crippen molar-refractivity contribution in [2.45, 2.75) is 0 Å². The average molecular weight is 281 g/mol. The quantitative estimate of drug-likeness (QED) is 0.702. The summed E-state index contributed by atoms with van der Waals surface area (Å²) in [6, 6.07) is 8.90. The third-order valence-corrected chi connectivity index (χ3v) is 3.12. The molecule has 0 aliphatic rings. The summed E-state index contributed by atoms with van der Waals surface area (Å²) >= 11 is 3.39. The van der Waals surface area contributed by atoms with Gasteiger partial charge in [-0.25, -0.2) is 4.79 Å². The number of fused-ring (bicyclic) bond motifs is 1. The second-order valence-electron chi connectivity index (χ2n) is 3.33. The van der Waals surface area contributed by atoms with Gasteiger partial charge in [0, 0.05) is 15.8 Å². The highest BCUT2D eigenvalue weighted by molar-refractivity contribution is 9.10. The Morgan fingerprint density at radius 2 is 2.06 bits per heavy atom. The highest BCUT2D eigenvalue weighted by atomic mass is 79.9. The summed E-state index contributed by atoms with van der Waals surface area (Å²) in [6.07, 6.45) is -1.08. The summed E-state index contributed by atoms with van der Waals surface area (Å²) in [7, 11) is 0. The molecule has 0 fully saturated rings. The van der Waals surface area contributed by atoms with Gasteiger partial charge in [-0.15, -0.1) is 0 Å². The van der Waals surface area contributed by atoms with Crippen molar-refractivity contribution in [2.75, 3.05) is 11.1 Å². The molecule has 0 saturated heterocycles. The van der Waals surface area contributed by atoms with E-state index in [1.54, 1.807) is 18.2 Å². The second kappa shape index (κ2) is 4.02. The SMILES string of the molecule is Nc1ccc2cc(NC(=O)O)ccc2c1Br. The molecule has 0 unspecified atom stereocenters. The van der Waals surface area contributed by atoms with Crippen molar-refractivity contribution in [3.8, 4) is 0 Å². The molecule has 4 nitrogen and oxygen atoms in total. The van der Waals surface area contributed by atoms with Gasteiger partial charge in [0.25, 0.3) is 0 Å². The third-order valence-electron chi connectivity index (χ3n) is 2.24. The maximum Gasteiger partial charge on any atom is 0.409 e. The van der Waals surface area contributed by atoms with Gasteiger partial charge in [0.1, 0.15) is 0 Å². The zero-order chi connectivity index (χ0) is 11.7. The van der Waals surface area contributed by atoms with Gasteiger partial charge in [0.2, 0.25) is 0 Å². The summed E-state index contributed by atoms with van der Waals surface area (Å²) in [6.45, 7) is 0. The lowest BCUT2D eigenvalue weighted by Crippen LogP contribution is -2.06. The number of benzene rings is 2. The van der Waals surface area contributed by atoms with Gasteiger partial charge in [-0.1, -0.05) is 12.1 Å². The van der Waals surface area contributed by atoms with Gasteiger partial charge in [-0.05, 0) is 44.9 Å². The van der Waals surface area contributed by atoms with Gasteiger partial charge in [-0.2, -0.15) is 0 Å². The Kier molecular flexibility index (Phi) is 2.70. The van der Waals surface area contributed by atoms with E-state index in [0.717, 1.165) is 15.2 Å². The minimum atomic E-state index is -1.08. The smallest absolute Gasteiger partial charge is 0.409 e. The van der Waals surface area contributed by atoms with Crippen molar-refractivity contribution in [3.05, 3.63) is 34.8 Å². The van der Waals surface area contributed by atoms with Crippen LogP contribution in [0.25, 0.3) is 10.8 Å². The van der Waals surface area contributed by atoms with Crippen LogP contribution in [0.5, 0.6) is 0 Å². The molecule has 0 aliphatic heterocycles. The average Bonchev–Trinajstić information content (AvgIpc) is 2.23. The number of amides is 1. The number of hydrogen-bond acceptors (Lipinski definition) is 2. The first-order valence-corrected chi connectivity index (χ1v) is 5.35. The zero-order valence-electron chi connectivity index (χ0n) is 8.20. The molecule has 0 bridgehead atoms. The molecule has 1 amide bonds. The first-order chi connectivity index (χ1) is 7.58. The lowest BCUT2D eigenvalue weighted by Gasteiger charge is -2.06. The fourth-order valence-corrected chi connectivity index (χ4v) is 2.00. The Labute approximate surface area is 100 Å². The summed E-state index contributed by atoms with van der Waals surface area (Å²) < 4.78 is 0.826. The van der Waals surface area contributed by atoms with E-state index < -0.39 is 6.09 Å². The Balaban J connectivity index is 2.56. The first kappa shape index (κ1) is 10.8. The summed E-state index contributed by atoms with van der Waals surface area (Å²) in [5, 5.41) is 12.8. The highest BCUT2D eigenvalue weighted by Gasteiger charge is 2.04. The number of nitrogen functional groups attached to an aromatic ring is 1. The Bertz CT molecular complexity index is 569. The summed E-state index contributed by atoms with van der Waals surface area (Å²) in [4.78, 5) is 10.5. The van der Waals surface area contributed by atoms with Crippen molar-refractivity contribution in [3.63, 3.8) is 0 Å².